The lowest BCUT2D eigenvalue weighted by atomic mass is 10.1. The molecule has 7 nitrogen and oxygen atoms in total. The summed E-state index contributed by atoms with van der Waals surface area (Å²) in [6, 6.07) is 8.82. The molecule has 0 bridgehead atoms. The van der Waals surface area contributed by atoms with E-state index in [0.717, 1.165) is 5.69 Å². The van der Waals surface area contributed by atoms with Crippen LogP contribution in [0, 0.1) is 5.82 Å². The molecule has 1 saturated heterocycles. The number of aromatic nitrogens is 3. The molecule has 4 rings (SSSR count). The summed E-state index contributed by atoms with van der Waals surface area (Å²) >= 11 is 0. The minimum Gasteiger partial charge on any atom is -0.346 e. The van der Waals surface area contributed by atoms with E-state index in [1.54, 1.807) is 16.8 Å². The van der Waals surface area contributed by atoms with Gasteiger partial charge < -0.3 is 20.5 Å². The molecule has 3 atom stereocenters. The van der Waals surface area contributed by atoms with Gasteiger partial charge in [-0.1, -0.05) is 6.07 Å². The fourth-order valence-electron chi connectivity index (χ4n) is 3.75. The van der Waals surface area contributed by atoms with E-state index in [1.807, 2.05) is 30.0 Å². The average Bonchev–Trinajstić information content (AvgIpc) is 3.08. The molecule has 2 aromatic heterocycles. The number of imidazole rings is 1. The van der Waals surface area contributed by atoms with Crippen LogP contribution in [0.5, 0.6) is 0 Å². The van der Waals surface area contributed by atoms with Gasteiger partial charge in [-0.3, -0.25) is 9.78 Å². The number of alkyl halides is 1. The predicted molar refractivity (Wildman–Crippen MR) is 110 cm³/mol. The van der Waals surface area contributed by atoms with E-state index < -0.39 is 18.0 Å². The van der Waals surface area contributed by atoms with Crippen LogP contribution < -0.4 is 16.0 Å². The first-order valence-corrected chi connectivity index (χ1v) is 9.93. The maximum atomic E-state index is 13.9. The quantitative estimate of drug-likeness (QED) is 0.669. The predicted octanol–water partition coefficient (Wildman–Crippen LogP) is 2.32. The summed E-state index contributed by atoms with van der Waals surface area (Å²) in [5, 5.41) is 2.91. The first-order valence-electron chi connectivity index (χ1n) is 9.93. The average molecular weight is 414 g/mol. The molecule has 30 heavy (non-hydrogen) atoms. The lowest BCUT2D eigenvalue weighted by Gasteiger charge is -2.34. The number of benzene rings is 1. The number of nitrogens with two attached hydrogens (primary N) is 1. The normalized spacial score (nSPS) is 20.3. The summed E-state index contributed by atoms with van der Waals surface area (Å²) in [7, 11) is 0. The van der Waals surface area contributed by atoms with Gasteiger partial charge in [-0.05, 0) is 43.7 Å². The van der Waals surface area contributed by atoms with Crippen molar-refractivity contribution in [2.75, 3.05) is 18.0 Å². The Balaban J connectivity index is 1.61. The highest BCUT2D eigenvalue weighted by Gasteiger charge is 2.29. The van der Waals surface area contributed by atoms with Crippen molar-refractivity contribution < 1.29 is 13.6 Å². The van der Waals surface area contributed by atoms with Crippen molar-refractivity contribution in [1.29, 1.82) is 0 Å². The van der Waals surface area contributed by atoms with Gasteiger partial charge in [0.25, 0.3) is 0 Å². The van der Waals surface area contributed by atoms with Gasteiger partial charge in [0.05, 0.1) is 28.8 Å². The van der Waals surface area contributed by atoms with Crippen molar-refractivity contribution in [1.82, 2.24) is 19.9 Å². The molecule has 0 saturated carbocycles. The van der Waals surface area contributed by atoms with Crippen LogP contribution in [0.4, 0.5) is 14.7 Å². The summed E-state index contributed by atoms with van der Waals surface area (Å²) in [4.78, 5) is 23.5. The molecule has 1 aliphatic rings. The molecule has 1 aliphatic heterocycles. The smallest absolute Gasteiger partial charge is 0.240 e. The molecule has 0 aliphatic carbocycles. The van der Waals surface area contributed by atoms with Crippen LogP contribution in [-0.2, 0) is 11.3 Å². The summed E-state index contributed by atoms with van der Waals surface area (Å²) < 4.78 is 29.4. The van der Waals surface area contributed by atoms with Crippen LogP contribution in [0.2, 0.25) is 0 Å². The first kappa shape index (κ1) is 20.2. The number of pyridine rings is 1. The van der Waals surface area contributed by atoms with Gasteiger partial charge >= 0.3 is 0 Å². The highest BCUT2D eigenvalue weighted by atomic mass is 19.1. The van der Waals surface area contributed by atoms with Crippen molar-refractivity contribution in [3.05, 3.63) is 54.1 Å². The second-order valence-corrected chi connectivity index (χ2v) is 7.59. The number of halogens is 2. The van der Waals surface area contributed by atoms with Crippen LogP contribution in [-0.4, -0.2) is 45.7 Å². The number of amides is 1. The molecule has 1 fully saturated rings. The van der Waals surface area contributed by atoms with Crippen molar-refractivity contribution in [2.24, 2.45) is 5.73 Å². The number of hydrogen-bond acceptors (Lipinski definition) is 5. The van der Waals surface area contributed by atoms with Crippen molar-refractivity contribution in [2.45, 2.75) is 38.1 Å². The second kappa shape index (κ2) is 8.35. The number of rotatable bonds is 5. The molecule has 0 spiro atoms. The molecule has 158 valence electrons. The van der Waals surface area contributed by atoms with Crippen LogP contribution in [0.3, 0.4) is 0 Å². The molecule has 3 heterocycles. The number of carbonyl (C=O) groups is 1. The van der Waals surface area contributed by atoms with Gasteiger partial charge in [0, 0.05) is 19.3 Å². The molecule has 1 aromatic carbocycles. The van der Waals surface area contributed by atoms with E-state index in [2.05, 4.69) is 15.3 Å². The zero-order valence-electron chi connectivity index (χ0n) is 16.6. The summed E-state index contributed by atoms with van der Waals surface area (Å²) in [6.07, 6.45) is 0.876. The summed E-state index contributed by atoms with van der Waals surface area (Å²) in [5.41, 5.74) is 7.71. The van der Waals surface area contributed by atoms with Gasteiger partial charge in [0.2, 0.25) is 11.9 Å². The largest absolute Gasteiger partial charge is 0.346 e. The molecule has 0 radical (unpaired) electrons. The third-order valence-corrected chi connectivity index (χ3v) is 5.35. The van der Waals surface area contributed by atoms with Crippen LogP contribution in [0.25, 0.3) is 11.0 Å². The van der Waals surface area contributed by atoms with Gasteiger partial charge in [0.1, 0.15) is 18.5 Å². The number of hydrogen-bond donors (Lipinski definition) is 2. The van der Waals surface area contributed by atoms with Crippen LogP contribution >= 0.6 is 0 Å². The Kier molecular flexibility index (Phi) is 5.63. The van der Waals surface area contributed by atoms with E-state index in [0.29, 0.717) is 23.5 Å². The Morgan fingerprint density at radius 3 is 2.93 bits per heavy atom. The Bertz CT molecular complexity index is 1040. The number of piperidine rings is 1. The lowest BCUT2D eigenvalue weighted by molar-refractivity contribution is -0.122. The number of carbonyl (C=O) groups excluding carboxylic acids is 1. The van der Waals surface area contributed by atoms with Crippen molar-refractivity contribution in [3.8, 4) is 0 Å². The van der Waals surface area contributed by atoms with Gasteiger partial charge in [0.15, 0.2) is 0 Å². The molecule has 0 unspecified atom stereocenters. The molecule has 1 amide bonds. The van der Waals surface area contributed by atoms with Gasteiger partial charge in [-0.25, -0.2) is 13.8 Å². The van der Waals surface area contributed by atoms with Gasteiger partial charge in [-0.15, -0.1) is 0 Å². The highest BCUT2D eigenvalue weighted by Crippen LogP contribution is 2.26. The van der Waals surface area contributed by atoms with E-state index in [9.17, 15) is 13.6 Å². The van der Waals surface area contributed by atoms with E-state index in [4.69, 9.17) is 5.73 Å². The second-order valence-electron chi connectivity index (χ2n) is 7.59. The van der Waals surface area contributed by atoms with Crippen molar-refractivity contribution in [3.63, 3.8) is 0 Å². The lowest BCUT2D eigenvalue weighted by Crippen LogP contribution is -2.50. The zero-order chi connectivity index (χ0) is 21.3. The summed E-state index contributed by atoms with van der Waals surface area (Å²) in [5.74, 6) is -0.196. The fraction of sp³-hybridized carbons (Fsp3) is 0.381. The SMILES string of the molecule is C[C@H](NC(=O)Cn1c(N2CC[C@@H](F)[C@H](N)C2)nc2ccc(F)cc21)c1ccccn1. The molecule has 9 heteroatoms. The maximum absolute atomic E-state index is 13.9. The monoisotopic (exact) mass is 414 g/mol. The third-order valence-electron chi connectivity index (χ3n) is 5.35. The molecular formula is C21H24F2N6O. The molecule has 3 N–H and O–H groups in total. The minimum absolute atomic E-state index is 0.0583. The fourth-order valence-corrected chi connectivity index (χ4v) is 3.75. The number of nitrogens with zero attached hydrogens (tertiary/aromatic N) is 4. The maximum Gasteiger partial charge on any atom is 0.240 e. The topological polar surface area (TPSA) is 89.1 Å². The number of fused-ring (bicyclic) bond motifs is 1. The first-order chi connectivity index (χ1) is 14.4. The van der Waals surface area contributed by atoms with E-state index in [-0.39, 0.29) is 31.5 Å². The molecular weight excluding hydrogens is 390 g/mol. The Morgan fingerprint density at radius 1 is 1.37 bits per heavy atom. The van der Waals surface area contributed by atoms with E-state index >= 15 is 0 Å². The standard InChI is InChI=1S/C21H24F2N6O/c1-13(17-4-2-3-8-25-17)26-20(30)12-29-19-10-14(22)5-6-18(19)27-21(29)28-9-7-15(23)16(24)11-28/h2-6,8,10,13,15-16H,7,9,11-12,24H2,1H3,(H,26,30)/t13-,15+,16+/m0/s1. The number of anilines is 1. The Hall–Kier alpha value is -3.07. The minimum atomic E-state index is -1.07. The van der Waals surface area contributed by atoms with Crippen molar-refractivity contribution >= 4 is 22.9 Å². The zero-order valence-corrected chi connectivity index (χ0v) is 16.6. The highest BCUT2D eigenvalue weighted by molar-refractivity contribution is 5.83. The van der Waals surface area contributed by atoms with Gasteiger partial charge in [-0.2, -0.15) is 0 Å². The van der Waals surface area contributed by atoms with Crippen LogP contribution in [0.1, 0.15) is 25.1 Å². The Morgan fingerprint density at radius 2 is 2.20 bits per heavy atom. The summed E-state index contributed by atoms with van der Waals surface area (Å²) in [6.45, 7) is 2.49. The Labute approximate surface area is 172 Å². The van der Waals surface area contributed by atoms with Crippen LogP contribution in [0.15, 0.2) is 42.6 Å². The van der Waals surface area contributed by atoms with E-state index in [1.165, 1.54) is 12.1 Å². The third kappa shape index (κ3) is 4.11. The molecule has 3 aromatic rings. The number of nitrogens with one attached hydrogen (secondary N) is 1.